The molecule has 0 radical (unpaired) electrons. The van der Waals surface area contributed by atoms with E-state index in [1.807, 2.05) is 49.1 Å². The zero-order valence-electron chi connectivity index (χ0n) is 12.8. The Bertz CT molecular complexity index is 690. The zero-order chi connectivity index (χ0) is 15.7. The van der Waals surface area contributed by atoms with Crippen molar-refractivity contribution in [1.29, 1.82) is 0 Å². The molecule has 0 spiro atoms. The number of rotatable bonds is 2. The quantitative estimate of drug-likeness (QED) is 0.829. The normalized spacial score (nSPS) is 15.2. The van der Waals surface area contributed by atoms with Crippen molar-refractivity contribution < 1.29 is 4.79 Å². The van der Waals surface area contributed by atoms with E-state index in [9.17, 15) is 4.79 Å². The Morgan fingerprint density at radius 3 is 2.41 bits per heavy atom. The Morgan fingerprint density at radius 2 is 1.82 bits per heavy atom. The highest BCUT2D eigenvalue weighted by Crippen LogP contribution is 2.27. The summed E-state index contributed by atoms with van der Waals surface area (Å²) in [6.07, 6.45) is 0. The third-order valence-electron chi connectivity index (χ3n) is 4.03. The molecule has 0 aliphatic carbocycles. The van der Waals surface area contributed by atoms with Gasteiger partial charge in [0.05, 0.1) is 16.3 Å². The first-order valence-electron chi connectivity index (χ1n) is 7.42. The Labute approximate surface area is 140 Å². The van der Waals surface area contributed by atoms with E-state index in [-0.39, 0.29) is 5.91 Å². The number of aryl methyl sites for hydroxylation is 2. The summed E-state index contributed by atoms with van der Waals surface area (Å²) < 4.78 is 0. The first-order valence-corrected chi connectivity index (χ1v) is 8.61. The fourth-order valence-corrected chi connectivity index (χ4v) is 4.04. The summed E-state index contributed by atoms with van der Waals surface area (Å²) >= 11 is 7.94. The van der Waals surface area contributed by atoms with Crippen molar-refractivity contribution in [3.8, 4) is 0 Å². The molecule has 0 unspecified atom stereocenters. The Kier molecular flexibility index (Phi) is 4.41. The van der Waals surface area contributed by atoms with Crippen LogP contribution >= 0.6 is 22.9 Å². The van der Waals surface area contributed by atoms with Crippen LogP contribution in [0.5, 0.6) is 0 Å². The maximum Gasteiger partial charge on any atom is 0.255 e. The number of hydrogen-bond donors (Lipinski definition) is 0. The first kappa shape index (κ1) is 15.4. The van der Waals surface area contributed by atoms with Crippen molar-refractivity contribution in [3.05, 3.63) is 50.7 Å². The van der Waals surface area contributed by atoms with Crippen LogP contribution in [0.25, 0.3) is 0 Å². The minimum absolute atomic E-state index is 0.153. The van der Waals surface area contributed by atoms with E-state index in [0.717, 1.165) is 47.3 Å². The van der Waals surface area contributed by atoms with Crippen LogP contribution in [0.1, 0.15) is 20.1 Å². The maximum atomic E-state index is 12.6. The lowest BCUT2D eigenvalue weighted by atomic mass is 10.2. The van der Waals surface area contributed by atoms with Gasteiger partial charge in [0, 0.05) is 35.9 Å². The molecular formula is C17H19ClN2OS. The highest BCUT2D eigenvalue weighted by Gasteiger charge is 2.24. The molecule has 5 heteroatoms. The molecule has 1 aliphatic heterocycles. The van der Waals surface area contributed by atoms with Crippen molar-refractivity contribution >= 4 is 34.5 Å². The van der Waals surface area contributed by atoms with Crippen molar-refractivity contribution in [2.45, 2.75) is 13.8 Å². The molecule has 1 amide bonds. The smallest absolute Gasteiger partial charge is 0.255 e. The number of carbonyl (C=O) groups is 1. The second-order valence-electron chi connectivity index (χ2n) is 5.56. The van der Waals surface area contributed by atoms with Gasteiger partial charge in [-0.2, -0.15) is 0 Å². The van der Waals surface area contributed by atoms with Crippen LogP contribution in [0.3, 0.4) is 0 Å². The molecule has 1 aromatic heterocycles. The van der Waals surface area contributed by atoms with Gasteiger partial charge >= 0.3 is 0 Å². The summed E-state index contributed by atoms with van der Waals surface area (Å²) in [7, 11) is 0. The SMILES string of the molecule is Cc1cc(C(=O)N2CCN(c3ccccc3Cl)CC2)c(C)s1. The monoisotopic (exact) mass is 334 g/mol. The second-order valence-corrected chi connectivity index (χ2v) is 7.43. The van der Waals surface area contributed by atoms with Crippen molar-refractivity contribution in [2.24, 2.45) is 0 Å². The number of amides is 1. The molecule has 3 nitrogen and oxygen atoms in total. The number of hydrogen-bond acceptors (Lipinski definition) is 3. The topological polar surface area (TPSA) is 23.6 Å². The van der Waals surface area contributed by atoms with E-state index in [1.165, 1.54) is 4.88 Å². The predicted molar refractivity (Wildman–Crippen MR) is 93.4 cm³/mol. The van der Waals surface area contributed by atoms with Crippen LogP contribution in [0.2, 0.25) is 5.02 Å². The van der Waals surface area contributed by atoms with Gasteiger partial charge in [0.15, 0.2) is 0 Å². The number of carbonyl (C=O) groups excluding carboxylic acids is 1. The molecule has 0 bridgehead atoms. The summed E-state index contributed by atoms with van der Waals surface area (Å²) in [5.41, 5.74) is 1.91. The molecule has 1 fully saturated rings. The molecule has 2 heterocycles. The minimum atomic E-state index is 0.153. The Hall–Kier alpha value is -1.52. The second kappa shape index (κ2) is 6.31. The molecule has 22 heavy (non-hydrogen) atoms. The van der Waals surface area contributed by atoms with Gasteiger partial charge in [-0.1, -0.05) is 23.7 Å². The van der Waals surface area contributed by atoms with Crippen LogP contribution in [-0.2, 0) is 0 Å². The predicted octanol–water partition coefficient (Wildman–Crippen LogP) is 3.98. The molecule has 116 valence electrons. The van der Waals surface area contributed by atoms with E-state index < -0.39 is 0 Å². The Morgan fingerprint density at radius 1 is 1.14 bits per heavy atom. The summed E-state index contributed by atoms with van der Waals surface area (Å²) in [5.74, 6) is 0.153. The van der Waals surface area contributed by atoms with E-state index in [1.54, 1.807) is 11.3 Å². The van der Waals surface area contributed by atoms with Gasteiger partial charge in [-0.15, -0.1) is 11.3 Å². The summed E-state index contributed by atoms with van der Waals surface area (Å²) in [4.78, 5) is 19.1. The van der Waals surface area contributed by atoms with Crippen LogP contribution in [-0.4, -0.2) is 37.0 Å². The molecule has 0 saturated carbocycles. The molecule has 1 saturated heterocycles. The lowest BCUT2D eigenvalue weighted by Gasteiger charge is -2.36. The largest absolute Gasteiger partial charge is 0.367 e. The number of benzene rings is 1. The van der Waals surface area contributed by atoms with Gasteiger partial charge in [-0.25, -0.2) is 0 Å². The van der Waals surface area contributed by atoms with Gasteiger partial charge < -0.3 is 9.80 Å². The van der Waals surface area contributed by atoms with Crippen molar-refractivity contribution in [1.82, 2.24) is 4.90 Å². The van der Waals surface area contributed by atoms with Crippen molar-refractivity contribution in [3.63, 3.8) is 0 Å². The fourth-order valence-electron chi connectivity index (χ4n) is 2.87. The van der Waals surface area contributed by atoms with Crippen molar-refractivity contribution in [2.75, 3.05) is 31.1 Å². The van der Waals surface area contributed by atoms with Crippen LogP contribution in [0.15, 0.2) is 30.3 Å². The summed E-state index contributed by atoms with van der Waals surface area (Å²) in [6.45, 7) is 7.17. The molecule has 0 atom stereocenters. The minimum Gasteiger partial charge on any atom is -0.367 e. The van der Waals surface area contributed by atoms with E-state index in [4.69, 9.17) is 11.6 Å². The number of halogens is 1. The Balaban J connectivity index is 1.68. The number of thiophene rings is 1. The van der Waals surface area contributed by atoms with E-state index in [2.05, 4.69) is 4.90 Å². The lowest BCUT2D eigenvalue weighted by molar-refractivity contribution is 0.0746. The molecule has 1 aromatic carbocycles. The third-order valence-corrected chi connectivity index (χ3v) is 5.32. The number of piperazine rings is 1. The molecule has 2 aromatic rings. The number of nitrogens with zero attached hydrogens (tertiary/aromatic N) is 2. The molecule has 0 N–H and O–H groups in total. The average molecular weight is 335 g/mol. The lowest BCUT2D eigenvalue weighted by Crippen LogP contribution is -2.48. The summed E-state index contributed by atoms with van der Waals surface area (Å²) in [6, 6.07) is 9.88. The van der Waals surface area contributed by atoms with Crippen LogP contribution < -0.4 is 4.90 Å². The van der Waals surface area contributed by atoms with Crippen LogP contribution in [0.4, 0.5) is 5.69 Å². The zero-order valence-corrected chi connectivity index (χ0v) is 14.4. The maximum absolute atomic E-state index is 12.6. The van der Waals surface area contributed by atoms with Gasteiger partial charge in [-0.3, -0.25) is 4.79 Å². The third kappa shape index (κ3) is 2.99. The van der Waals surface area contributed by atoms with Gasteiger partial charge in [0.2, 0.25) is 0 Å². The molecule has 3 rings (SSSR count). The van der Waals surface area contributed by atoms with E-state index >= 15 is 0 Å². The highest BCUT2D eigenvalue weighted by molar-refractivity contribution is 7.12. The standard InChI is InChI=1S/C17H19ClN2OS/c1-12-11-14(13(2)22-12)17(21)20-9-7-19(8-10-20)16-6-4-3-5-15(16)18/h3-6,11H,7-10H2,1-2H3. The first-order chi connectivity index (χ1) is 10.6. The fraction of sp³-hybridized carbons (Fsp3) is 0.353. The average Bonchev–Trinajstić information content (AvgIpc) is 2.86. The summed E-state index contributed by atoms with van der Waals surface area (Å²) in [5, 5.41) is 0.770. The van der Waals surface area contributed by atoms with Gasteiger partial charge in [-0.05, 0) is 32.0 Å². The highest BCUT2D eigenvalue weighted by atomic mass is 35.5. The molecular weight excluding hydrogens is 316 g/mol. The number of anilines is 1. The van der Waals surface area contributed by atoms with E-state index in [0.29, 0.717) is 0 Å². The number of para-hydroxylation sites is 1. The molecule has 1 aliphatic rings. The van der Waals surface area contributed by atoms with Crippen LogP contribution in [0, 0.1) is 13.8 Å². The van der Waals surface area contributed by atoms with Gasteiger partial charge in [0.1, 0.15) is 0 Å². The van der Waals surface area contributed by atoms with Gasteiger partial charge in [0.25, 0.3) is 5.91 Å².